The Morgan fingerprint density at radius 1 is 0.722 bits per heavy atom. The highest BCUT2D eigenvalue weighted by Gasteiger charge is 2.23. The maximum Gasteiger partial charge on any atom is 0.0722 e. The Morgan fingerprint density at radius 3 is 1.17 bits per heavy atom. The predicted octanol–water partition coefficient (Wildman–Crippen LogP) is 1.87. The van der Waals surface area contributed by atoms with Crippen LogP contribution >= 0.6 is 24.8 Å². The van der Waals surface area contributed by atoms with Crippen molar-refractivity contribution in [1.29, 1.82) is 0 Å². The molecule has 4 nitrogen and oxygen atoms in total. The van der Waals surface area contributed by atoms with Crippen LogP contribution in [0.4, 0.5) is 0 Å². The third kappa shape index (κ3) is 6.55. The van der Waals surface area contributed by atoms with E-state index in [0.29, 0.717) is 24.3 Å². The van der Waals surface area contributed by atoms with Gasteiger partial charge in [-0.3, -0.25) is 0 Å². The first kappa shape index (κ1) is 20.7. The van der Waals surface area contributed by atoms with Crippen LogP contribution < -0.4 is 11.5 Å². The highest BCUT2D eigenvalue weighted by atomic mass is 35.5. The SMILES string of the molecule is CO[C@@H]1CCC[C@H]1N.CO[C@H]1CCC[C@@H]1N.Cl.Cl. The van der Waals surface area contributed by atoms with Gasteiger partial charge in [-0.1, -0.05) is 0 Å². The molecule has 2 aliphatic rings. The van der Waals surface area contributed by atoms with E-state index in [1.54, 1.807) is 14.2 Å². The molecule has 6 heteroatoms. The van der Waals surface area contributed by atoms with Gasteiger partial charge in [0.15, 0.2) is 0 Å². The van der Waals surface area contributed by atoms with Crippen molar-refractivity contribution >= 4 is 24.8 Å². The average Bonchev–Trinajstić information content (AvgIpc) is 2.87. The van der Waals surface area contributed by atoms with Crippen molar-refractivity contribution in [2.24, 2.45) is 11.5 Å². The quantitative estimate of drug-likeness (QED) is 0.817. The van der Waals surface area contributed by atoms with Gasteiger partial charge in [-0.05, 0) is 38.5 Å². The number of hydrogen-bond donors (Lipinski definition) is 2. The van der Waals surface area contributed by atoms with E-state index < -0.39 is 0 Å². The summed E-state index contributed by atoms with van der Waals surface area (Å²) in [7, 11) is 3.46. The summed E-state index contributed by atoms with van der Waals surface area (Å²) < 4.78 is 10.2. The summed E-state index contributed by atoms with van der Waals surface area (Å²) in [5.41, 5.74) is 11.3. The molecule has 0 aromatic carbocycles. The molecule has 0 amide bonds. The number of methoxy groups -OCH3 is 2. The molecule has 0 bridgehead atoms. The highest BCUT2D eigenvalue weighted by molar-refractivity contribution is 5.85. The van der Waals surface area contributed by atoms with Crippen LogP contribution in [-0.2, 0) is 9.47 Å². The van der Waals surface area contributed by atoms with Crippen molar-refractivity contribution in [2.45, 2.75) is 62.8 Å². The minimum atomic E-state index is 0. The van der Waals surface area contributed by atoms with Gasteiger partial charge >= 0.3 is 0 Å². The first-order valence-corrected chi connectivity index (χ1v) is 6.25. The summed E-state index contributed by atoms with van der Waals surface area (Å²) in [6.45, 7) is 0. The zero-order valence-electron chi connectivity index (χ0n) is 11.3. The molecule has 0 unspecified atom stereocenters. The van der Waals surface area contributed by atoms with E-state index in [0.717, 1.165) is 25.7 Å². The largest absolute Gasteiger partial charge is 0.380 e. The lowest BCUT2D eigenvalue weighted by Gasteiger charge is -2.11. The molecule has 0 radical (unpaired) electrons. The minimum Gasteiger partial charge on any atom is -0.380 e. The van der Waals surface area contributed by atoms with Crippen molar-refractivity contribution in [1.82, 2.24) is 0 Å². The van der Waals surface area contributed by atoms with Crippen LogP contribution in [0, 0.1) is 0 Å². The molecular weight excluding hydrogens is 275 g/mol. The molecule has 0 aliphatic heterocycles. The van der Waals surface area contributed by atoms with Gasteiger partial charge < -0.3 is 20.9 Å². The Labute approximate surface area is 123 Å². The van der Waals surface area contributed by atoms with Gasteiger partial charge in [0.05, 0.1) is 12.2 Å². The fourth-order valence-corrected chi connectivity index (χ4v) is 2.49. The molecule has 0 aromatic heterocycles. The molecule has 2 aliphatic carbocycles. The lowest BCUT2D eigenvalue weighted by atomic mass is 10.2. The maximum atomic E-state index is 5.66. The van der Waals surface area contributed by atoms with Crippen LogP contribution in [0.2, 0.25) is 0 Å². The smallest absolute Gasteiger partial charge is 0.0722 e. The molecule has 112 valence electrons. The molecule has 0 heterocycles. The summed E-state index contributed by atoms with van der Waals surface area (Å²) in [6, 6.07) is 0.611. The van der Waals surface area contributed by atoms with Crippen molar-refractivity contribution in [3.8, 4) is 0 Å². The summed E-state index contributed by atoms with van der Waals surface area (Å²) in [5, 5.41) is 0. The molecule has 4 N–H and O–H groups in total. The second-order valence-corrected chi connectivity index (χ2v) is 4.74. The predicted molar refractivity (Wildman–Crippen MR) is 79.7 cm³/mol. The third-order valence-corrected chi connectivity index (χ3v) is 3.61. The zero-order chi connectivity index (χ0) is 12.0. The van der Waals surface area contributed by atoms with Gasteiger partial charge in [-0.15, -0.1) is 24.8 Å². The van der Waals surface area contributed by atoms with E-state index in [2.05, 4.69) is 0 Å². The van der Waals surface area contributed by atoms with Crippen LogP contribution in [0.3, 0.4) is 0 Å². The van der Waals surface area contributed by atoms with Crippen LogP contribution in [0.5, 0.6) is 0 Å². The van der Waals surface area contributed by atoms with E-state index in [4.69, 9.17) is 20.9 Å². The summed E-state index contributed by atoms with van der Waals surface area (Å²) in [4.78, 5) is 0. The summed E-state index contributed by atoms with van der Waals surface area (Å²) in [6.07, 6.45) is 7.73. The topological polar surface area (TPSA) is 70.5 Å². The first-order valence-electron chi connectivity index (χ1n) is 6.25. The van der Waals surface area contributed by atoms with E-state index >= 15 is 0 Å². The van der Waals surface area contributed by atoms with Gasteiger partial charge in [-0.2, -0.15) is 0 Å². The molecule has 0 spiro atoms. The van der Waals surface area contributed by atoms with E-state index in [1.165, 1.54) is 12.8 Å². The van der Waals surface area contributed by atoms with Gasteiger partial charge in [0.2, 0.25) is 0 Å². The Hall–Kier alpha value is 0.420. The third-order valence-electron chi connectivity index (χ3n) is 3.61. The van der Waals surface area contributed by atoms with Gasteiger partial charge in [0.25, 0.3) is 0 Å². The highest BCUT2D eigenvalue weighted by Crippen LogP contribution is 2.19. The normalized spacial score (nSPS) is 34.0. The molecule has 2 saturated carbocycles. The van der Waals surface area contributed by atoms with Crippen LogP contribution in [-0.4, -0.2) is 38.5 Å². The standard InChI is InChI=1S/2C6H13NO.2ClH/c2*1-8-6-4-2-3-5(6)7;;/h2*5-6H,2-4,7H2,1H3;2*1H/t2*5-,6-;;/m10../s1. The fraction of sp³-hybridized carbons (Fsp3) is 1.00. The van der Waals surface area contributed by atoms with E-state index in [9.17, 15) is 0 Å². The second kappa shape index (κ2) is 11.3. The molecule has 0 aromatic rings. The number of rotatable bonds is 2. The van der Waals surface area contributed by atoms with Crippen LogP contribution in [0.15, 0.2) is 0 Å². The second-order valence-electron chi connectivity index (χ2n) is 4.74. The molecule has 2 fully saturated rings. The maximum absolute atomic E-state index is 5.66. The zero-order valence-corrected chi connectivity index (χ0v) is 13.0. The van der Waals surface area contributed by atoms with Crippen molar-refractivity contribution in [3.63, 3.8) is 0 Å². The Balaban J connectivity index is 0. The monoisotopic (exact) mass is 302 g/mol. The molecular formula is C12H28Cl2N2O2. The average molecular weight is 303 g/mol. The van der Waals surface area contributed by atoms with Crippen molar-refractivity contribution < 1.29 is 9.47 Å². The minimum absolute atomic E-state index is 0. The molecule has 2 rings (SSSR count). The van der Waals surface area contributed by atoms with E-state index in [-0.39, 0.29) is 24.8 Å². The van der Waals surface area contributed by atoms with Crippen molar-refractivity contribution in [3.05, 3.63) is 0 Å². The Kier molecular flexibility index (Phi) is 13.0. The summed E-state index contributed by atoms with van der Waals surface area (Å²) in [5.74, 6) is 0. The van der Waals surface area contributed by atoms with Gasteiger partial charge in [-0.25, -0.2) is 0 Å². The van der Waals surface area contributed by atoms with Crippen LogP contribution in [0.25, 0.3) is 0 Å². The van der Waals surface area contributed by atoms with Gasteiger partial charge in [0, 0.05) is 26.3 Å². The molecule has 4 atom stereocenters. The number of ether oxygens (including phenoxy) is 2. The number of halogens is 2. The fourth-order valence-electron chi connectivity index (χ4n) is 2.49. The molecule has 0 saturated heterocycles. The Bertz CT molecular complexity index is 179. The summed E-state index contributed by atoms with van der Waals surface area (Å²) >= 11 is 0. The van der Waals surface area contributed by atoms with Crippen molar-refractivity contribution in [2.75, 3.05) is 14.2 Å². The van der Waals surface area contributed by atoms with E-state index in [1.807, 2.05) is 0 Å². The van der Waals surface area contributed by atoms with Crippen LogP contribution in [0.1, 0.15) is 38.5 Å². The lowest BCUT2D eigenvalue weighted by Crippen LogP contribution is -2.30. The molecule has 18 heavy (non-hydrogen) atoms. The van der Waals surface area contributed by atoms with Gasteiger partial charge in [0.1, 0.15) is 0 Å². The number of nitrogens with two attached hydrogens (primary N) is 2. The first-order chi connectivity index (χ1) is 7.69. The lowest BCUT2D eigenvalue weighted by molar-refractivity contribution is 0.0960. The Morgan fingerprint density at radius 2 is 1.06 bits per heavy atom. The number of hydrogen-bond acceptors (Lipinski definition) is 4.